The molecule has 0 spiro atoms. The minimum Gasteiger partial charge on any atom is -0.355 e. The van der Waals surface area contributed by atoms with Gasteiger partial charge in [-0.15, -0.1) is 0 Å². The van der Waals surface area contributed by atoms with Crippen molar-refractivity contribution in [3.63, 3.8) is 0 Å². The lowest BCUT2D eigenvalue weighted by molar-refractivity contribution is -0.122. The summed E-state index contributed by atoms with van der Waals surface area (Å²) >= 11 is 0. The Morgan fingerprint density at radius 3 is 2.12 bits per heavy atom. The van der Waals surface area contributed by atoms with E-state index in [0.717, 1.165) is 13.0 Å². The average Bonchev–Trinajstić information content (AvgIpc) is 2.57. The van der Waals surface area contributed by atoms with Crippen LogP contribution in [-0.2, 0) is 4.79 Å². The molecule has 0 aromatic carbocycles. The van der Waals surface area contributed by atoms with Gasteiger partial charge in [0.25, 0.3) is 0 Å². The fourth-order valence-electron chi connectivity index (χ4n) is 2.34. The molecule has 3 heteroatoms. The zero-order valence-electron chi connectivity index (χ0n) is 11.5. The van der Waals surface area contributed by atoms with Gasteiger partial charge in [0.1, 0.15) is 0 Å². The van der Waals surface area contributed by atoms with E-state index in [1.54, 1.807) is 0 Å². The van der Waals surface area contributed by atoms with Crippen molar-refractivity contribution in [2.75, 3.05) is 6.54 Å². The van der Waals surface area contributed by atoms with Crippen molar-refractivity contribution in [1.82, 2.24) is 10.6 Å². The fraction of sp³-hybridized carbons (Fsp3) is 0.923. The molecule has 1 fully saturated rings. The molecule has 16 heavy (non-hydrogen) atoms. The molecule has 1 amide bonds. The van der Waals surface area contributed by atoms with Crippen LogP contribution in [0.15, 0.2) is 0 Å². The van der Waals surface area contributed by atoms with Gasteiger partial charge >= 0.3 is 0 Å². The van der Waals surface area contributed by atoms with Gasteiger partial charge in [-0.2, -0.15) is 0 Å². The third-order valence-corrected chi connectivity index (χ3v) is 4.38. The summed E-state index contributed by atoms with van der Waals surface area (Å²) in [5.74, 6) is 0.111. The highest BCUT2D eigenvalue weighted by atomic mass is 16.2. The molecule has 1 aliphatic carbocycles. The molecule has 1 unspecified atom stereocenters. The SMILES string of the molecule is CCCNC(=O)C(C)NC1C(C)(C)C1(C)C. The molecule has 1 aliphatic rings. The van der Waals surface area contributed by atoms with E-state index in [2.05, 4.69) is 45.3 Å². The predicted octanol–water partition coefficient (Wildman–Crippen LogP) is 1.93. The molecule has 0 saturated heterocycles. The van der Waals surface area contributed by atoms with Gasteiger partial charge in [-0.25, -0.2) is 0 Å². The van der Waals surface area contributed by atoms with Crippen LogP contribution >= 0.6 is 0 Å². The summed E-state index contributed by atoms with van der Waals surface area (Å²) in [5.41, 5.74) is 0.568. The molecule has 3 nitrogen and oxygen atoms in total. The highest BCUT2D eigenvalue weighted by Crippen LogP contribution is 2.62. The van der Waals surface area contributed by atoms with Gasteiger partial charge < -0.3 is 10.6 Å². The average molecular weight is 226 g/mol. The van der Waals surface area contributed by atoms with Crippen molar-refractivity contribution in [1.29, 1.82) is 0 Å². The normalized spacial score (nSPS) is 23.9. The van der Waals surface area contributed by atoms with Crippen LogP contribution in [0.3, 0.4) is 0 Å². The number of carbonyl (C=O) groups is 1. The van der Waals surface area contributed by atoms with Gasteiger partial charge in [0, 0.05) is 12.6 Å². The van der Waals surface area contributed by atoms with Crippen molar-refractivity contribution in [3.8, 4) is 0 Å². The van der Waals surface area contributed by atoms with E-state index in [4.69, 9.17) is 0 Å². The maximum absolute atomic E-state index is 11.7. The van der Waals surface area contributed by atoms with Crippen molar-refractivity contribution < 1.29 is 4.79 Å². The second kappa shape index (κ2) is 4.36. The van der Waals surface area contributed by atoms with Crippen LogP contribution in [-0.4, -0.2) is 24.5 Å². The molecule has 2 N–H and O–H groups in total. The quantitative estimate of drug-likeness (QED) is 0.752. The molecule has 1 saturated carbocycles. The minimum atomic E-state index is -0.0994. The van der Waals surface area contributed by atoms with E-state index in [1.165, 1.54) is 0 Å². The van der Waals surface area contributed by atoms with Crippen LogP contribution < -0.4 is 10.6 Å². The maximum atomic E-state index is 11.7. The van der Waals surface area contributed by atoms with Gasteiger partial charge in [-0.05, 0) is 24.2 Å². The molecule has 0 aromatic rings. The number of hydrogen-bond donors (Lipinski definition) is 2. The second-order valence-electron chi connectivity index (χ2n) is 6.06. The molecule has 94 valence electrons. The van der Waals surface area contributed by atoms with Crippen LogP contribution in [0.5, 0.6) is 0 Å². The van der Waals surface area contributed by atoms with Gasteiger partial charge in [-0.3, -0.25) is 4.79 Å². The van der Waals surface area contributed by atoms with Crippen LogP contribution in [0.2, 0.25) is 0 Å². The Balaban J connectivity index is 2.42. The number of nitrogens with one attached hydrogen (secondary N) is 2. The van der Waals surface area contributed by atoms with Gasteiger partial charge in [0.2, 0.25) is 5.91 Å². The first-order chi connectivity index (χ1) is 7.25. The molecule has 1 atom stereocenters. The summed E-state index contributed by atoms with van der Waals surface area (Å²) in [5, 5.41) is 6.35. The largest absolute Gasteiger partial charge is 0.355 e. The lowest BCUT2D eigenvalue weighted by atomic mass is 10.0. The zero-order chi connectivity index (χ0) is 12.6. The second-order valence-corrected chi connectivity index (χ2v) is 6.06. The van der Waals surface area contributed by atoms with Crippen molar-refractivity contribution in [2.45, 2.75) is 60.0 Å². The highest BCUT2D eigenvalue weighted by molar-refractivity contribution is 5.81. The molecular weight excluding hydrogens is 200 g/mol. The standard InChI is InChI=1S/C13H26N2O/c1-7-8-14-10(16)9(2)15-11-12(3,4)13(11,5)6/h9,11,15H,7-8H2,1-6H3,(H,14,16). The predicted molar refractivity (Wildman–Crippen MR) is 67.2 cm³/mol. The Labute approximate surface area is 99.4 Å². The van der Waals surface area contributed by atoms with Gasteiger partial charge in [0.15, 0.2) is 0 Å². The first-order valence-electron chi connectivity index (χ1n) is 6.29. The molecule has 0 heterocycles. The van der Waals surface area contributed by atoms with E-state index in [-0.39, 0.29) is 22.8 Å². The van der Waals surface area contributed by atoms with Crippen molar-refractivity contribution in [3.05, 3.63) is 0 Å². The topological polar surface area (TPSA) is 41.1 Å². The number of carbonyl (C=O) groups excluding carboxylic acids is 1. The summed E-state index contributed by atoms with van der Waals surface area (Å²) in [6.45, 7) is 13.8. The van der Waals surface area contributed by atoms with E-state index < -0.39 is 0 Å². The van der Waals surface area contributed by atoms with Crippen LogP contribution in [0.25, 0.3) is 0 Å². The summed E-state index contributed by atoms with van der Waals surface area (Å²) in [6.07, 6.45) is 0.985. The first kappa shape index (κ1) is 13.5. The van der Waals surface area contributed by atoms with E-state index in [1.807, 2.05) is 6.92 Å². The van der Waals surface area contributed by atoms with Crippen molar-refractivity contribution >= 4 is 5.91 Å². The third-order valence-electron chi connectivity index (χ3n) is 4.38. The minimum absolute atomic E-state index is 0.0994. The van der Waals surface area contributed by atoms with Crippen LogP contribution in [0.1, 0.15) is 48.0 Å². The molecule has 0 aromatic heterocycles. The Bertz CT molecular complexity index is 257. The van der Waals surface area contributed by atoms with Crippen LogP contribution in [0, 0.1) is 10.8 Å². The third kappa shape index (κ3) is 2.24. The maximum Gasteiger partial charge on any atom is 0.236 e. The molecule has 1 rings (SSSR count). The van der Waals surface area contributed by atoms with E-state index >= 15 is 0 Å². The number of hydrogen-bond acceptors (Lipinski definition) is 2. The monoisotopic (exact) mass is 226 g/mol. The summed E-state index contributed by atoms with van der Waals surface area (Å²) in [7, 11) is 0. The Kier molecular flexibility index (Phi) is 3.68. The summed E-state index contributed by atoms with van der Waals surface area (Å²) < 4.78 is 0. The van der Waals surface area contributed by atoms with Gasteiger partial charge in [-0.1, -0.05) is 34.6 Å². The van der Waals surface area contributed by atoms with Crippen LogP contribution in [0.4, 0.5) is 0 Å². The smallest absolute Gasteiger partial charge is 0.236 e. The zero-order valence-corrected chi connectivity index (χ0v) is 11.5. The summed E-state index contributed by atoms with van der Waals surface area (Å²) in [6, 6.07) is 0.333. The molecule has 0 aliphatic heterocycles. The lowest BCUT2D eigenvalue weighted by Gasteiger charge is -2.15. The lowest BCUT2D eigenvalue weighted by Crippen LogP contribution is -2.44. The van der Waals surface area contributed by atoms with E-state index in [0.29, 0.717) is 6.04 Å². The van der Waals surface area contributed by atoms with Crippen molar-refractivity contribution in [2.24, 2.45) is 10.8 Å². The fourth-order valence-corrected chi connectivity index (χ4v) is 2.34. The number of rotatable bonds is 5. The number of amides is 1. The first-order valence-corrected chi connectivity index (χ1v) is 6.29. The van der Waals surface area contributed by atoms with E-state index in [9.17, 15) is 4.79 Å². The molecule has 0 bridgehead atoms. The Morgan fingerprint density at radius 2 is 1.75 bits per heavy atom. The Morgan fingerprint density at radius 1 is 1.25 bits per heavy atom. The molecular formula is C13H26N2O. The highest BCUT2D eigenvalue weighted by Gasteiger charge is 2.64. The van der Waals surface area contributed by atoms with Gasteiger partial charge in [0.05, 0.1) is 6.04 Å². The summed E-state index contributed by atoms with van der Waals surface area (Å²) in [4.78, 5) is 11.7. The molecule has 0 radical (unpaired) electrons. The Hall–Kier alpha value is -0.570.